The Balaban J connectivity index is 2.68. The molecule has 1 heterocycles. The maximum Gasteiger partial charge on any atom is 0.338 e. The van der Waals surface area contributed by atoms with Gasteiger partial charge in [-0.1, -0.05) is 11.6 Å². The minimum atomic E-state index is -0.276. The SMILES string of the molecule is O=C1OCc2c1ccc(Cl)c2Br. The molecular formula is C8H4BrClO2. The van der Waals surface area contributed by atoms with Gasteiger partial charge in [0.2, 0.25) is 0 Å². The first-order valence-corrected chi connectivity index (χ1v) is 4.51. The second-order valence-electron chi connectivity index (χ2n) is 2.46. The Morgan fingerprint density at radius 2 is 2.25 bits per heavy atom. The smallest absolute Gasteiger partial charge is 0.338 e. The van der Waals surface area contributed by atoms with Gasteiger partial charge in [0.05, 0.1) is 10.6 Å². The van der Waals surface area contributed by atoms with Crippen molar-refractivity contribution in [1.82, 2.24) is 0 Å². The maximum absolute atomic E-state index is 11.0. The van der Waals surface area contributed by atoms with E-state index < -0.39 is 0 Å². The van der Waals surface area contributed by atoms with Crippen LogP contribution in [0.3, 0.4) is 0 Å². The maximum atomic E-state index is 11.0. The summed E-state index contributed by atoms with van der Waals surface area (Å²) in [5, 5.41) is 0.604. The number of benzene rings is 1. The molecule has 2 rings (SSSR count). The summed E-state index contributed by atoms with van der Waals surface area (Å²) in [6, 6.07) is 3.36. The van der Waals surface area contributed by atoms with E-state index >= 15 is 0 Å². The van der Waals surface area contributed by atoms with Gasteiger partial charge in [0.1, 0.15) is 6.61 Å². The highest BCUT2D eigenvalue weighted by Gasteiger charge is 2.23. The van der Waals surface area contributed by atoms with E-state index in [0.717, 1.165) is 10.0 Å². The molecule has 1 aliphatic heterocycles. The van der Waals surface area contributed by atoms with Crippen LogP contribution in [-0.4, -0.2) is 5.97 Å². The Labute approximate surface area is 82.6 Å². The van der Waals surface area contributed by atoms with Crippen LogP contribution in [0.4, 0.5) is 0 Å². The van der Waals surface area contributed by atoms with Crippen LogP contribution >= 0.6 is 27.5 Å². The fraction of sp³-hybridized carbons (Fsp3) is 0.125. The van der Waals surface area contributed by atoms with Gasteiger partial charge in [-0.2, -0.15) is 0 Å². The van der Waals surface area contributed by atoms with Crippen molar-refractivity contribution >= 4 is 33.5 Å². The number of carbonyl (C=O) groups excluding carboxylic acids is 1. The highest BCUT2D eigenvalue weighted by molar-refractivity contribution is 9.10. The second-order valence-corrected chi connectivity index (χ2v) is 3.66. The predicted octanol–water partition coefficient (Wildman–Crippen LogP) is 2.77. The number of hydrogen-bond donors (Lipinski definition) is 0. The van der Waals surface area contributed by atoms with Crippen molar-refractivity contribution in [3.05, 3.63) is 32.8 Å². The summed E-state index contributed by atoms with van der Waals surface area (Å²) in [5.74, 6) is -0.276. The van der Waals surface area contributed by atoms with Gasteiger partial charge in [-0.05, 0) is 28.1 Å². The van der Waals surface area contributed by atoms with E-state index in [1.807, 2.05) is 0 Å². The fourth-order valence-electron chi connectivity index (χ4n) is 1.14. The number of cyclic esters (lactones) is 1. The van der Waals surface area contributed by atoms with Gasteiger partial charge in [0, 0.05) is 10.0 Å². The van der Waals surface area contributed by atoms with Gasteiger partial charge in [-0.3, -0.25) is 0 Å². The number of fused-ring (bicyclic) bond motifs is 1. The topological polar surface area (TPSA) is 26.3 Å². The van der Waals surface area contributed by atoms with Crippen LogP contribution in [0.25, 0.3) is 0 Å². The Morgan fingerprint density at radius 3 is 3.00 bits per heavy atom. The summed E-state index contributed by atoms with van der Waals surface area (Å²) in [6.07, 6.45) is 0. The third-order valence-electron chi connectivity index (χ3n) is 1.76. The van der Waals surface area contributed by atoms with Crippen LogP contribution in [0, 0.1) is 0 Å². The highest BCUT2D eigenvalue weighted by atomic mass is 79.9. The zero-order valence-electron chi connectivity index (χ0n) is 5.93. The summed E-state index contributed by atoms with van der Waals surface area (Å²) >= 11 is 9.12. The molecule has 0 unspecified atom stereocenters. The first kappa shape index (κ1) is 8.08. The standard InChI is InChI=1S/C8H4BrClO2/c9-7-5-3-12-8(11)4(5)1-2-6(7)10/h1-2H,3H2. The molecule has 2 nitrogen and oxygen atoms in total. The van der Waals surface area contributed by atoms with Crippen molar-refractivity contribution in [2.75, 3.05) is 0 Å². The Bertz CT molecular complexity index is 362. The molecule has 0 fully saturated rings. The molecule has 0 atom stereocenters. The normalized spacial score (nSPS) is 14.3. The molecule has 0 aromatic heterocycles. The molecule has 1 aromatic rings. The molecule has 0 spiro atoms. The predicted molar refractivity (Wildman–Crippen MR) is 48.3 cm³/mol. The average Bonchev–Trinajstić information content (AvgIpc) is 2.41. The van der Waals surface area contributed by atoms with E-state index in [1.54, 1.807) is 12.1 Å². The van der Waals surface area contributed by atoms with Crippen molar-refractivity contribution in [2.45, 2.75) is 6.61 Å². The number of rotatable bonds is 0. The fourth-order valence-corrected chi connectivity index (χ4v) is 1.78. The minimum Gasteiger partial charge on any atom is -0.457 e. The lowest BCUT2D eigenvalue weighted by Gasteiger charge is -1.99. The van der Waals surface area contributed by atoms with E-state index in [2.05, 4.69) is 15.9 Å². The van der Waals surface area contributed by atoms with Gasteiger partial charge in [-0.15, -0.1) is 0 Å². The van der Waals surface area contributed by atoms with Gasteiger partial charge in [0.25, 0.3) is 0 Å². The van der Waals surface area contributed by atoms with Gasteiger partial charge >= 0.3 is 5.97 Å². The number of hydrogen-bond acceptors (Lipinski definition) is 2. The molecule has 0 saturated carbocycles. The third kappa shape index (κ3) is 1.04. The van der Waals surface area contributed by atoms with Crippen molar-refractivity contribution in [2.24, 2.45) is 0 Å². The van der Waals surface area contributed by atoms with Crippen molar-refractivity contribution in [3.63, 3.8) is 0 Å². The molecule has 0 radical (unpaired) electrons. The molecule has 4 heteroatoms. The third-order valence-corrected chi connectivity index (χ3v) is 3.21. The zero-order valence-corrected chi connectivity index (χ0v) is 8.28. The van der Waals surface area contributed by atoms with E-state index in [-0.39, 0.29) is 5.97 Å². The van der Waals surface area contributed by atoms with Gasteiger partial charge in [-0.25, -0.2) is 4.79 Å². The molecule has 0 amide bonds. The summed E-state index contributed by atoms with van der Waals surface area (Å²) in [5.41, 5.74) is 1.44. The molecule has 12 heavy (non-hydrogen) atoms. The van der Waals surface area contributed by atoms with Crippen molar-refractivity contribution in [1.29, 1.82) is 0 Å². The van der Waals surface area contributed by atoms with Crippen LogP contribution in [0.1, 0.15) is 15.9 Å². The molecule has 62 valence electrons. The lowest BCUT2D eigenvalue weighted by atomic mass is 10.1. The van der Waals surface area contributed by atoms with E-state index in [9.17, 15) is 4.79 Å². The van der Waals surface area contributed by atoms with Crippen LogP contribution in [-0.2, 0) is 11.3 Å². The summed E-state index contributed by atoms with van der Waals surface area (Å²) in [6.45, 7) is 0.315. The van der Waals surface area contributed by atoms with Crippen LogP contribution < -0.4 is 0 Å². The van der Waals surface area contributed by atoms with Crippen LogP contribution in [0.5, 0.6) is 0 Å². The quantitative estimate of drug-likeness (QED) is 0.659. The first-order valence-electron chi connectivity index (χ1n) is 3.34. The monoisotopic (exact) mass is 246 g/mol. The molecule has 1 aliphatic rings. The molecule has 1 aromatic carbocycles. The first-order chi connectivity index (χ1) is 5.70. The van der Waals surface area contributed by atoms with Gasteiger partial charge in [0.15, 0.2) is 0 Å². The lowest BCUT2D eigenvalue weighted by Crippen LogP contribution is -1.92. The molecule has 0 N–H and O–H groups in total. The molecule has 0 saturated heterocycles. The highest BCUT2D eigenvalue weighted by Crippen LogP contribution is 2.33. The minimum absolute atomic E-state index is 0.276. The Hall–Kier alpha value is -0.540. The zero-order chi connectivity index (χ0) is 8.72. The second kappa shape index (κ2) is 2.75. The Kier molecular flexibility index (Phi) is 1.85. The number of halogens is 2. The van der Waals surface area contributed by atoms with Gasteiger partial charge < -0.3 is 4.74 Å². The van der Waals surface area contributed by atoms with E-state index in [0.29, 0.717) is 17.2 Å². The molecule has 0 bridgehead atoms. The van der Waals surface area contributed by atoms with Crippen molar-refractivity contribution in [3.8, 4) is 0 Å². The molecular weight excluding hydrogens is 243 g/mol. The summed E-state index contributed by atoms with van der Waals surface area (Å²) < 4.78 is 5.59. The average molecular weight is 247 g/mol. The largest absolute Gasteiger partial charge is 0.457 e. The summed E-state index contributed by atoms with van der Waals surface area (Å²) in [4.78, 5) is 11.0. The lowest BCUT2D eigenvalue weighted by molar-refractivity contribution is 0.0535. The van der Waals surface area contributed by atoms with Crippen LogP contribution in [0.2, 0.25) is 5.02 Å². The van der Waals surface area contributed by atoms with Crippen LogP contribution in [0.15, 0.2) is 16.6 Å². The number of carbonyl (C=O) groups is 1. The Morgan fingerprint density at radius 1 is 1.50 bits per heavy atom. The molecule has 0 aliphatic carbocycles. The number of ether oxygens (including phenoxy) is 1. The number of esters is 1. The van der Waals surface area contributed by atoms with Crippen molar-refractivity contribution < 1.29 is 9.53 Å². The van der Waals surface area contributed by atoms with E-state index in [4.69, 9.17) is 16.3 Å². The van der Waals surface area contributed by atoms with E-state index in [1.165, 1.54) is 0 Å². The summed E-state index contributed by atoms with van der Waals surface area (Å²) in [7, 11) is 0.